The fourth-order valence-corrected chi connectivity index (χ4v) is 2.61. The molecule has 0 amide bonds. The lowest BCUT2D eigenvalue weighted by atomic mass is 9.83. The van der Waals surface area contributed by atoms with Crippen LogP contribution in [0.25, 0.3) is 0 Å². The minimum absolute atomic E-state index is 0.203. The zero-order valence-electron chi connectivity index (χ0n) is 13.9. The smallest absolute Gasteiger partial charge is 0.336 e. The molecule has 6 heteroatoms. The van der Waals surface area contributed by atoms with E-state index >= 15 is 0 Å². The zero-order chi connectivity index (χ0) is 17.7. The van der Waals surface area contributed by atoms with Crippen molar-refractivity contribution in [1.82, 2.24) is 4.90 Å². The summed E-state index contributed by atoms with van der Waals surface area (Å²) >= 11 is 0. The van der Waals surface area contributed by atoms with Crippen LogP contribution < -0.4 is 0 Å². The summed E-state index contributed by atoms with van der Waals surface area (Å²) in [4.78, 5) is 26.3. The number of benzene rings is 1. The van der Waals surface area contributed by atoms with Gasteiger partial charge in [-0.15, -0.1) is 0 Å². The Kier molecular flexibility index (Phi) is 5.73. The number of hydrogen-bond donors (Lipinski definition) is 0. The molecule has 5 nitrogen and oxygen atoms in total. The van der Waals surface area contributed by atoms with Crippen molar-refractivity contribution < 1.29 is 23.5 Å². The van der Waals surface area contributed by atoms with Crippen LogP contribution in [-0.4, -0.2) is 37.1 Å². The highest BCUT2D eigenvalue weighted by Gasteiger charge is 2.35. The second-order valence-electron chi connectivity index (χ2n) is 5.26. The van der Waals surface area contributed by atoms with Crippen LogP contribution in [-0.2, 0) is 19.1 Å². The van der Waals surface area contributed by atoms with Gasteiger partial charge < -0.3 is 14.4 Å². The first kappa shape index (κ1) is 17.7. The first-order valence-corrected chi connectivity index (χ1v) is 7.73. The molecule has 0 bridgehead atoms. The molecule has 1 aliphatic heterocycles. The predicted octanol–water partition coefficient (Wildman–Crippen LogP) is 2.75. The Morgan fingerprint density at radius 2 is 1.62 bits per heavy atom. The average molecular weight is 333 g/mol. The highest BCUT2D eigenvalue weighted by molar-refractivity contribution is 5.98. The molecule has 1 aromatic carbocycles. The molecule has 1 heterocycles. The quantitative estimate of drug-likeness (QED) is 0.776. The third-order valence-corrected chi connectivity index (χ3v) is 3.51. The van der Waals surface area contributed by atoms with Gasteiger partial charge in [0.05, 0.1) is 30.3 Å². The number of hydrogen-bond acceptors (Lipinski definition) is 5. The SMILES string of the molecule is CCOC(=O)C1=CN(C)C=C(C(=O)OCC)C1c1cccc(F)c1. The number of carbonyl (C=O) groups excluding carboxylic acids is 2. The van der Waals surface area contributed by atoms with E-state index in [-0.39, 0.29) is 24.4 Å². The first-order chi connectivity index (χ1) is 11.5. The minimum Gasteiger partial charge on any atom is -0.463 e. The molecule has 1 aromatic rings. The van der Waals surface area contributed by atoms with Crippen LogP contribution in [0.5, 0.6) is 0 Å². The Hall–Kier alpha value is -2.63. The van der Waals surface area contributed by atoms with Crippen LogP contribution in [0.15, 0.2) is 47.8 Å². The van der Waals surface area contributed by atoms with E-state index < -0.39 is 23.7 Å². The standard InChI is InChI=1S/C18H20FNO4/c1-4-23-17(21)14-10-20(3)11-15(18(22)24-5-2)16(14)12-7-6-8-13(19)9-12/h6-11,16H,4-5H2,1-3H3. The van der Waals surface area contributed by atoms with E-state index in [2.05, 4.69) is 0 Å². The topological polar surface area (TPSA) is 55.8 Å². The molecule has 1 aliphatic rings. The Morgan fingerprint density at radius 3 is 2.08 bits per heavy atom. The summed E-state index contributed by atoms with van der Waals surface area (Å²) in [7, 11) is 1.69. The highest BCUT2D eigenvalue weighted by atomic mass is 19.1. The van der Waals surface area contributed by atoms with Crippen LogP contribution in [0.1, 0.15) is 25.3 Å². The molecule has 0 saturated carbocycles. The van der Waals surface area contributed by atoms with E-state index in [0.29, 0.717) is 5.56 Å². The van der Waals surface area contributed by atoms with Crippen molar-refractivity contribution in [3.63, 3.8) is 0 Å². The van der Waals surface area contributed by atoms with Crippen molar-refractivity contribution in [1.29, 1.82) is 0 Å². The van der Waals surface area contributed by atoms with Crippen LogP contribution in [0.2, 0.25) is 0 Å². The van der Waals surface area contributed by atoms with E-state index in [9.17, 15) is 14.0 Å². The third kappa shape index (κ3) is 3.82. The van der Waals surface area contributed by atoms with E-state index in [4.69, 9.17) is 9.47 Å². The summed E-state index contributed by atoms with van der Waals surface area (Å²) < 4.78 is 23.9. The highest BCUT2D eigenvalue weighted by Crippen LogP contribution is 2.36. The first-order valence-electron chi connectivity index (χ1n) is 7.73. The summed E-state index contributed by atoms with van der Waals surface area (Å²) in [6.45, 7) is 3.80. The maximum absolute atomic E-state index is 13.7. The van der Waals surface area contributed by atoms with Gasteiger partial charge in [0.15, 0.2) is 0 Å². The third-order valence-electron chi connectivity index (χ3n) is 3.51. The summed E-state index contributed by atoms with van der Waals surface area (Å²) in [5, 5.41) is 0. The van der Waals surface area contributed by atoms with Gasteiger partial charge in [-0.1, -0.05) is 12.1 Å². The number of ether oxygens (including phenoxy) is 2. The van der Waals surface area contributed by atoms with Gasteiger partial charge in [0.1, 0.15) is 5.82 Å². The normalized spacial score (nSPS) is 14.8. The van der Waals surface area contributed by atoms with Crippen LogP contribution in [0.3, 0.4) is 0 Å². The Balaban J connectivity index is 2.53. The van der Waals surface area contributed by atoms with Gasteiger partial charge >= 0.3 is 11.9 Å². The van der Waals surface area contributed by atoms with Crippen molar-refractivity contribution in [2.24, 2.45) is 0 Å². The lowest BCUT2D eigenvalue weighted by Crippen LogP contribution is -2.28. The fourth-order valence-electron chi connectivity index (χ4n) is 2.61. The Morgan fingerprint density at radius 1 is 1.08 bits per heavy atom. The van der Waals surface area contributed by atoms with Gasteiger partial charge in [-0.25, -0.2) is 14.0 Å². The average Bonchev–Trinajstić information content (AvgIpc) is 2.54. The molecule has 0 atom stereocenters. The second kappa shape index (κ2) is 7.77. The Bertz CT molecular complexity index is 660. The van der Waals surface area contributed by atoms with Gasteiger partial charge in [-0.3, -0.25) is 0 Å². The molecular weight excluding hydrogens is 313 g/mol. The van der Waals surface area contributed by atoms with Crippen molar-refractivity contribution in [2.45, 2.75) is 19.8 Å². The molecular formula is C18H20FNO4. The van der Waals surface area contributed by atoms with Crippen molar-refractivity contribution in [3.8, 4) is 0 Å². The van der Waals surface area contributed by atoms with Crippen molar-refractivity contribution in [3.05, 3.63) is 59.2 Å². The van der Waals surface area contributed by atoms with Crippen LogP contribution in [0.4, 0.5) is 4.39 Å². The number of nitrogens with zero attached hydrogens (tertiary/aromatic N) is 1. The van der Waals surface area contributed by atoms with Crippen LogP contribution in [0, 0.1) is 5.82 Å². The van der Waals surface area contributed by atoms with E-state index in [0.717, 1.165) is 0 Å². The number of rotatable bonds is 5. The van der Waals surface area contributed by atoms with Crippen molar-refractivity contribution in [2.75, 3.05) is 20.3 Å². The maximum atomic E-state index is 13.7. The maximum Gasteiger partial charge on any atom is 0.336 e. The second-order valence-corrected chi connectivity index (χ2v) is 5.26. The monoisotopic (exact) mass is 333 g/mol. The van der Waals surface area contributed by atoms with Gasteiger partial charge in [0.25, 0.3) is 0 Å². The lowest BCUT2D eigenvalue weighted by molar-refractivity contribution is -0.139. The summed E-state index contributed by atoms with van der Waals surface area (Å²) in [6, 6.07) is 5.81. The molecule has 0 saturated heterocycles. The molecule has 0 N–H and O–H groups in total. The van der Waals surface area contributed by atoms with Gasteiger partial charge in [-0.2, -0.15) is 0 Å². The molecule has 24 heavy (non-hydrogen) atoms. The largest absolute Gasteiger partial charge is 0.463 e. The number of halogens is 1. The van der Waals surface area contributed by atoms with Gasteiger partial charge in [-0.05, 0) is 31.5 Å². The molecule has 0 fully saturated rings. The summed E-state index contributed by atoms with van der Waals surface area (Å²) in [5.74, 6) is -2.28. The van der Waals surface area contributed by atoms with Gasteiger partial charge in [0, 0.05) is 19.4 Å². The molecule has 0 aromatic heterocycles. The van der Waals surface area contributed by atoms with E-state index in [1.807, 2.05) is 0 Å². The minimum atomic E-state index is -0.741. The van der Waals surface area contributed by atoms with Gasteiger partial charge in [0.2, 0.25) is 0 Å². The van der Waals surface area contributed by atoms with E-state index in [1.165, 1.54) is 18.2 Å². The zero-order valence-corrected chi connectivity index (χ0v) is 13.9. The van der Waals surface area contributed by atoms with Crippen molar-refractivity contribution >= 4 is 11.9 Å². The molecule has 2 rings (SSSR count). The number of esters is 2. The molecule has 0 spiro atoms. The molecule has 0 aliphatic carbocycles. The van der Waals surface area contributed by atoms with E-state index in [1.54, 1.807) is 44.3 Å². The van der Waals surface area contributed by atoms with Crippen LogP contribution >= 0.6 is 0 Å². The molecule has 0 unspecified atom stereocenters. The predicted molar refractivity (Wildman–Crippen MR) is 86.3 cm³/mol. The Labute approximate surface area is 140 Å². The fraction of sp³-hybridized carbons (Fsp3) is 0.333. The molecule has 0 radical (unpaired) electrons. The molecule has 128 valence electrons. The summed E-state index contributed by atoms with van der Waals surface area (Å²) in [6.07, 6.45) is 3.16. The lowest BCUT2D eigenvalue weighted by Gasteiger charge is -2.28. The summed E-state index contributed by atoms with van der Waals surface area (Å²) in [5.41, 5.74) is 1.01. The number of carbonyl (C=O) groups is 2.